The van der Waals surface area contributed by atoms with E-state index in [9.17, 15) is 14.4 Å². The highest BCUT2D eigenvalue weighted by molar-refractivity contribution is 5.71. The van der Waals surface area contributed by atoms with Crippen molar-refractivity contribution in [3.05, 3.63) is 0 Å². The lowest BCUT2D eigenvalue weighted by molar-refractivity contribution is -0.167. The SMILES string of the molecule is CCCCCCCCCCCCCCCCCCCCCC(=O)O[C@@H](COC(=O)CCCCCCCCCCCC)COC(=O)CCCCCCCCCCCCCCCC(C)C. The molecule has 6 nitrogen and oxygen atoms in total. The molecule has 0 aliphatic rings. The van der Waals surface area contributed by atoms with Crippen LogP contribution in [0.2, 0.25) is 0 Å². The molecule has 0 radical (unpaired) electrons. The molecule has 374 valence electrons. The molecule has 6 heteroatoms. The van der Waals surface area contributed by atoms with Gasteiger partial charge in [-0.25, -0.2) is 0 Å². The molecule has 0 spiro atoms. The Bertz CT molecular complexity index is 949. The van der Waals surface area contributed by atoms with Crippen LogP contribution in [-0.2, 0) is 28.6 Å². The van der Waals surface area contributed by atoms with Gasteiger partial charge in [0.1, 0.15) is 13.2 Å². The molecule has 0 aliphatic heterocycles. The number of carbonyl (C=O) groups is 3. The largest absolute Gasteiger partial charge is 0.462 e. The summed E-state index contributed by atoms with van der Waals surface area (Å²) in [7, 11) is 0. The van der Waals surface area contributed by atoms with Crippen molar-refractivity contribution >= 4 is 17.9 Å². The van der Waals surface area contributed by atoms with Crippen LogP contribution >= 0.6 is 0 Å². The third-order valence-electron chi connectivity index (χ3n) is 13.0. The van der Waals surface area contributed by atoms with Crippen molar-refractivity contribution in [1.29, 1.82) is 0 Å². The highest BCUT2D eigenvalue weighted by Crippen LogP contribution is 2.18. The van der Waals surface area contributed by atoms with E-state index in [1.807, 2.05) is 0 Å². The molecule has 0 aromatic heterocycles. The molecular formula is C57H110O6. The predicted molar refractivity (Wildman–Crippen MR) is 270 cm³/mol. The van der Waals surface area contributed by atoms with E-state index in [4.69, 9.17) is 14.2 Å². The summed E-state index contributed by atoms with van der Waals surface area (Å²) in [6.45, 7) is 9.04. The van der Waals surface area contributed by atoms with Crippen molar-refractivity contribution in [3.8, 4) is 0 Å². The number of hydrogen-bond donors (Lipinski definition) is 0. The summed E-state index contributed by atoms with van der Waals surface area (Å²) in [6, 6.07) is 0. The van der Waals surface area contributed by atoms with Crippen molar-refractivity contribution in [2.24, 2.45) is 5.92 Å². The zero-order valence-electron chi connectivity index (χ0n) is 43.0. The first-order valence-electron chi connectivity index (χ1n) is 28.4. The van der Waals surface area contributed by atoms with E-state index in [1.165, 1.54) is 218 Å². The molecule has 0 bridgehead atoms. The van der Waals surface area contributed by atoms with Gasteiger partial charge in [-0.2, -0.15) is 0 Å². The van der Waals surface area contributed by atoms with Crippen LogP contribution in [0.25, 0.3) is 0 Å². The molecule has 0 unspecified atom stereocenters. The molecule has 0 aromatic carbocycles. The van der Waals surface area contributed by atoms with Gasteiger partial charge in [-0.15, -0.1) is 0 Å². The fourth-order valence-electron chi connectivity index (χ4n) is 8.75. The van der Waals surface area contributed by atoms with Crippen molar-refractivity contribution in [1.82, 2.24) is 0 Å². The second kappa shape index (κ2) is 51.4. The van der Waals surface area contributed by atoms with Crippen LogP contribution in [0.15, 0.2) is 0 Å². The third-order valence-corrected chi connectivity index (χ3v) is 13.0. The van der Waals surface area contributed by atoms with E-state index >= 15 is 0 Å². The predicted octanol–water partition coefficient (Wildman–Crippen LogP) is 18.6. The highest BCUT2D eigenvalue weighted by Gasteiger charge is 2.19. The van der Waals surface area contributed by atoms with E-state index in [0.29, 0.717) is 19.3 Å². The molecule has 0 saturated heterocycles. The van der Waals surface area contributed by atoms with Crippen LogP contribution in [0.4, 0.5) is 0 Å². The summed E-state index contributed by atoms with van der Waals surface area (Å²) in [4.78, 5) is 38.0. The van der Waals surface area contributed by atoms with Gasteiger partial charge in [0, 0.05) is 19.3 Å². The van der Waals surface area contributed by atoms with Crippen LogP contribution < -0.4 is 0 Å². The minimum absolute atomic E-state index is 0.0623. The summed E-state index contributed by atoms with van der Waals surface area (Å²) in [6.07, 6.45) is 55.2. The maximum atomic E-state index is 12.8. The van der Waals surface area contributed by atoms with E-state index in [2.05, 4.69) is 27.7 Å². The van der Waals surface area contributed by atoms with Gasteiger partial charge in [0.2, 0.25) is 0 Å². The van der Waals surface area contributed by atoms with Crippen LogP contribution in [0.1, 0.15) is 323 Å². The van der Waals surface area contributed by atoms with Gasteiger partial charge in [-0.1, -0.05) is 285 Å². The molecular weight excluding hydrogens is 781 g/mol. The molecule has 1 atom stereocenters. The summed E-state index contributed by atoms with van der Waals surface area (Å²) < 4.78 is 16.9. The van der Waals surface area contributed by atoms with Gasteiger partial charge < -0.3 is 14.2 Å². The molecule has 0 N–H and O–H groups in total. The quantitative estimate of drug-likeness (QED) is 0.0344. The minimum atomic E-state index is -0.761. The van der Waals surface area contributed by atoms with E-state index < -0.39 is 6.10 Å². The Morgan fingerprint density at radius 2 is 0.524 bits per heavy atom. The molecule has 0 aliphatic carbocycles. The Morgan fingerprint density at radius 1 is 0.302 bits per heavy atom. The first-order chi connectivity index (χ1) is 30.9. The van der Waals surface area contributed by atoms with Crippen molar-refractivity contribution in [2.75, 3.05) is 13.2 Å². The van der Waals surface area contributed by atoms with Crippen molar-refractivity contribution in [2.45, 2.75) is 329 Å². The Kier molecular flexibility index (Phi) is 50.1. The van der Waals surface area contributed by atoms with Gasteiger partial charge >= 0.3 is 17.9 Å². The normalized spacial score (nSPS) is 12.0. The lowest BCUT2D eigenvalue weighted by Gasteiger charge is -2.18. The number of hydrogen-bond acceptors (Lipinski definition) is 6. The topological polar surface area (TPSA) is 78.9 Å². The number of esters is 3. The molecule has 63 heavy (non-hydrogen) atoms. The molecule has 0 rings (SSSR count). The summed E-state index contributed by atoms with van der Waals surface area (Å²) in [5.74, 6) is 0.000454. The summed E-state index contributed by atoms with van der Waals surface area (Å²) in [5.41, 5.74) is 0. The molecule has 0 aromatic rings. The highest BCUT2D eigenvalue weighted by atomic mass is 16.6. The van der Waals surface area contributed by atoms with Gasteiger partial charge in [0.15, 0.2) is 6.10 Å². The van der Waals surface area contributed by atoms with Crippen LogP contribution in [0.5, 0.6) is 0 Å². The zero-order chi connectivity index (χ0) is 45.9. The average Bonchev–Trinajstić information content (AvgIpc) is 3.27. The Hall–Kier alpha value is -1.59. The lowest BCUT2D eigenvalue weighted by Crippen LogP contribution is -2.30. The second-order valence-electron chi connectivity index (χ2n) is 20.1. The monoisotopic (exact) mass is 891 g/mol. The van der Waals surface area contributed by atoms with Gasteiger partial charge in [0.25, 0.3) is 0 Å². The number of unbranched alkanes of at least 4 members (excludes halogenated alkanes) is 39. The van der Waals surface area contributed by atoms with Crippen LogP contribution in [0, 0.1) is 5.92 Å². The Labute approximate surface area is 393 Å². The zero-order valence-corrected chi connectivity index (χ0v) is 43.0. The van der Waals surface area contributed by atoms with Crippen LogP contribution in [0.3, 0.4) is 0 Å². The van der Waals surface area contributed by atoms with Crippen molar-refractivity contribution in [3.63, 3.8) is 0 Å². The van der Waals surface area contributed by atoms with E-state index in [-0.39, 0.29) is 31.1 Å². The maximum Gasteiger partial charge on any atom is 0.306 e. The standard InChI is InChI=1S/C57H110O6/c1-5-7-9-11-13-15-17-18-19-20-21-22-23-26-30-34-38-42-46-50-57(60)63-54(51-61-55(58)48-44-40-36-32-16-14-12-10-8-6-2)52-62-56(59)49-45-41-37-33-29-27-24-25-28-31-35-39-43-47-53(3)4/h53-54H,5-52H2,1-4H3/t54-/m0/s1. The third kappa shape index (κ3) is 51.3. The maximum absolute atomic E-state index is 12.8. The molecule has 0 heterocycles. The first-order valence-corrected chi connectivity index (χ1v) is 28.4. The Balaban J connectivity index is 4.24. The van der Waals surface area contributed by atoms with Gasteiger partial charge in [0.05, 0.1) is 0 Å². The van der Waals surface area contributed by atoms with Gasteiger partial charge in [-0.3, -0.25) is 14.4 Å². The van der Waals surface area contributed by atoms with E-state index in [1.54, 1.807) is 0 Å². The van der Waals surface area contributed by atoms with Gasteiger partial charge in [-0.05, 0) is 25.2 Å². The Morgan fingerprint density at radius 3 is 0.778 bits per heavy atom. The summed E-state index contributed by atoms with van der Waals surface area (Å²) in [5, 5.41) is 0. The number of carbonyl (C=O) groups excluding carboxylic acids is 3. The first kappa shape index (κ1) is 61.4. The molecule has 0 fully saturated rings. The fraction of sp³-hybridized carbons (Fsp3) is 0.947. The lowest BCUT2D eigenvalue weighted by atomic mass is 10.0. The fourth-order valence-corrected chi connectivity index (χ4v) is 8.75. The summed E-state index contributed by atoms with van der Waals surface area (Å²) >= 11 is 0. The van der Waals surface area contributed by atoms with E-state index in [0.717, 1.165) is 63.7 Å². The minimum Gasteiger partial charge on any atom is -0.462 e. The smallest absolute Gasteiger partial charge is 0.306 e. The number of rotatable bonds is 52. The second-order valence-corrected chi connectivity index (χ2v) is 20.1. The molecule has 0 amide bonds. The molecule has 0 saturated carbocycles. The number of ether oxygens (including phenoxy) is 3. The van der Waals surface area contributed by atoms with Crippen molar-refractivity contribution < 1.29 is 28.6 Å². The average molecular weight is 892 g/mol. The van der Waals surface area contributed by atoms with Crippen LogP contribution in [-0.4, -0.2) is 37.2 Å².